The fourth-order valence-corrected chi connectivity index (χ4v) is 2.63. The molecule has 1 aliphatic rings. The minimum atomic E-state index is 0.607. The largest absolute Gasteiger partial charge is 0.490 e. The molecule has 1 heterocycles. The Bertz CT molecular complexity index is 456. The molecule has 1 saturated heterocycles. The highest BCUT2D eigenvalue weighted by Crippen LogP contribution is 2.23. The van der Waals surface area contributed by atoms with Crippen molar-refractivity contribution in [2.45, 2.75) is 12.5 Å². The maximum absolute atomic E-state index is 5.87. The van der Waals surface area contributed by atoms with Crippen LogP contribution in [0.2, 0.25) is 0 Å². The number of anilines is 2. The second kappa shape index (κ2) is 5.89. The average Bonchev–Trinajstić information content (AvgIpc) is 2.80. The molecule has 5 nitrogen and oxygen atoms in total. The fourth-order valence-electron chi connectivity index (χ4n) is 2.63. The lowest BCUT2D eigenvalue weighted by molar-refractivity contribution is -0.893. The zero-order valence-electron chi connectivity index (χ0n) is 12.8. The molecule has 1 aromatic rings. The van der Waals surface area contributed by atoms with E-state index in [9.17, 15) is 0 Å². The van der Waals surface area contributed by atoms with Crippen molar-refractivity contribution in [3.8, 4) is 5.75 Å². The molecule has 20 heavy (non-hydrogen) atoms. The van der Waals surface area contributed by atoms with Crippen LogP contribution in [0.1, 0.15) is 6.42 Å². The molecule has 0 aliphatic carbocycles. The van der Waals surface area contributed by atoms with Gasteiger partial charge in [-0.25, -0.2) is 0 Å². The summed E-state index contributed by atoms with van der Waals surface area (Å²) in [6.45, 7) is 3.91. The zero-order chi connectivity index (χ0) is 14.8. The van der Waals surface area contributed by atoms with Gasteiger partial charge in [0.15, 0.2) is 0 Å². The molecule has 4 N–H and O–H groups in total. The predicted molar refractivity (Wildman–Crippen MR) is 83.6 cm³/mol. The normalized spacial score (nSPS) is 20.2. The molecule has 1 fully saturated rings. The van der Waals surface area contributed by atoms with Gasteiger partial charge in [-0.15, -0.1) is 0 Å². The van der Waals surface area contributed by atoms with E-state index in [4.69, 9.17) is 16.2 Å². The quantitative estimate of drug-likeness (QED) is 0.624. The van der Waals surface area contributed by atoms with E-state index in [1.54, 1.807) is 6.07 Å². The number of hydrogen-bond acceptors (Lipinski definition) is 4. The molecule has 1 aliphatic heterocycles. The number of nitrogen functional groups attached to an aromatic ring is 2. The van der Waals surface area contributed by atoms with Gasteiger partial charge in [-0.2, -0.15) is 0 Å². The van der Waals surface area contributed by atoms with Crippen LogP contribution in [0, 0.1) is 0 Å². The Morgan fingerprint density at radius 1 is 1.30 bits per heavy atom. The number of likely N-dealkylation sites (tertiary alicyclic amines) is 1. The number of likely N-dealkylation sites (N-methyl/N-ethyl adjacent to an activating group) is 1. The number of ether oxygens (including phenoxy) is 1. The van der Waals surface area contributed by atoms with E-state index in [-0.39, 0.29) is 0 Å². The molecule has 0 bridgehead atoms. The highest BCUT2D eigenvalue weighted by atomic mass is 16.5. The smallest absolute Gasteiger partial charge is 0.142 e. The van der Waals surface area contributed by atoms with Gasteiger partial charge in [0.2, 0.25) is 0 Å². The Morgan fingerprint density at radius 2 is 2.05 bits per heavy atom. The maximum Gasteiger partial charge on any atom is 0.142 e. The van der Waals surface area contributed by atoms with E-state index < -0.39 is 0 Å². The maximum atomic E-state index is 5.87. The van der Waals surface area contributed by atoms with Crippen LogP contribution in [0.3, 0.4) is 0 Å². The van der Waals surface area contributed by atoms with Crippen molar-refractivity contribution < 1.29 is 9.22 Å². The Hall–Kier alpha value is -1.46. The highest BCUT2D eigenvalue weighted by molar-refractivity contribution is 5.60. The van der Waals surface area contributed by atoms with Crippen LogP contribution in [0.25, 0.3) is 0 Å². The number of rotatable bonds is 5. The van der Waals surface area contributed by atoms with Gasteiger partial charge in [-0.05, 0) is 18.2 Å². The Labute approximate surface area is 121 Å². The van der Waals surface area contributed by atoms with Crippen molar-refractivity contribution in [3.63, 3.8) is 0 Å². The summed E-state index contributed by atoms with van der Waals surface area (Å²) in [6, 6.07) is 6.10. The Morgan fingerprint density at radius 3 is 2.65 bits per heavy atom. The van der Waals surface area contributed by atoms with Crippen LogP contribution in [-0.2, 0) is 0 Å². The standard InChI is InChI=1S/C15H27N4O/c1-19(2,3)13-6-7-18(11-13)8-9-20-15-5-4-12(16)10-14(15)17/h4-5,10,13H,6-9,11,16-17H2,1-3H3/q+1. The zero-order valence-corrected chi connectivity index (χ0v) is 12.8. The summed E-state index contributed by atoms with van der Waals surface area (Å²) in [5.41, 5.74) is 12.8. The van der Waals surface area contributed by atoms with Crippen LogP contribution in [0.4, 0.5) is 11.4 Å². The van der Waals surface area contributed by atoms with Crippen molar-refractivity contribution in [2.24, 2.45) is 0 Å². The van der Waals surface area contributed by atoms with Gasteiger partial charge in [0, 0.05) is 25.2 Å². The molecule has 112 valence electrons. The van der Waals surface area contributed by atoms with Gasteiger partial charge in [-0.3, -0.25) is 4.90 Å². The molecule has 0 saturated carbocycles. The van der Waals surface area contributed by atoms with E-state index in [0.717, 1.165) is 35.9 Å². The highest BCUT2D eigenvalue weighted by Gasteiger charge is 2.31. The lowest BCUT2D eigenvalue weighted by Gasteiger charge is -2.31. The van der Waals surface area contributed by atoms with Crippen LogP contribution in [0.5, 0.6) is 5.75 Å². The van der Waals surface area contributed by atoms with Gasteiger partial charge in [0.1, 0.15) is 18.4 Å². The van der Waals surface area contributed by atoms with Gasteiger partial charge >= 0.3 is 0 Å². The second-order valence-corrected chi connectivity index (χ2v) is 6.51. The number of quaternary nitrogens is 1. The summed E-state index contributed by atoms with van der Waals surface area (Å²) in [5.74, 6) is 0.724. The van der Waals surface area contributed by atoms with Gasteiger partial charge < -0.3 is 20.7 Å². The Kier molecular flexibility index (Phi) is 4.40. The molecule has 2 rings (SSSR count). The molecule has 1 atom stereocenters. The third-order valence-corrected chi connectivity index (χ3v) is 4.04. The summed E-state index contributed by atoms with van der Waals surface area (Å²) in [4.78, 5) is 2.46. The van der Waals surface area contributed by atoms with Crippen molar-refractivity contribution in [2.75, 3.05) is 58.9 Å². The number of hydrogen-bond donors (Lipinski definition) is 2. The van der Waals surface area contributed by atoms with E-state index in [1.165, 1.54) is 6.42 Å². The summed E-state index contributed by atoms with van der Waals surface area (Å²) >= 11 is 0. The van der Waals surface area contributed by atoms with Gasteiger partial charge in [-0.1, -0.05) is 0 Å². The summed E-state index contributed by atoms with van der Waals surface area (Å²) < 4.78 is 6.78. The van der Waals surface area contributed by atoms with Gasteiger partial charge in [0.25, 0.3) is 0 Å². The summed E-state index contributed by atoms with van der Waals surface area (Å²) in [7, 11) is 6.79. The third-order valence-electron chi connectivity index (χ3n) is 4.04. The number of nitrogens with two attached hydrogens (primary N) is 2. The molecular formula is C15H27N4O+. The van der Waals surface area contributed by atoms with E-state index in [0.29, 0.717) is 18.0 Å². The Balaban J connectivity index is 1.77. The number of benzene rings is 1. The summed E-state index contributed by atoms with van der Waals surface area (Å²) in [6.07, 6.45) is 1.26. The third kappa shape index (κ3) is 3.77. The molecule has 0 amide bonds. The first-order chi connectivity index (χ1) is 9.36. The van der Waals surface area contributed by atoms with Crippen LogP contribution in [-0.4, -0.2) is 62.8 Å². The van der Waals surface area contributed by atoms with E-state index in [1.807, 2.05) is 12.1 Å². The molecule has 0 radical (unpaired) electrons. The first-order valence-corrected chi connectivity index (χ1v) is 7.17. The number of nitrogens with zero attached hydrogens (tertiary/aromatic N) is 2. The monoisotopic (exact) mass is 279 g/mol. The fraction of sp³-hybridized carbons (Fsp3) is 0.600. The van der Waals surface area contributed by atoms with Crippen LogP contribution < -0.4 is 16.2 Å². The first kappa shape index (κ1) is 14.9. The van der Waals surface area contributed by atoms with Gasteiger partial charge in [0.05, 0.1) is 33.4 Å². The molecule has 0 spiro atoms. The topological polar surface area (TPSA) is 64.5 Å². The minimum Gasteiger partial charge on any atom is -0.490 e. The van der Waals surface area contributed by atoms with Crippen molar-refractivity contribution in [1.82, 2.24) is 4.90 Å². The van der Waals surface area contributed by atoms with Crippen LogP contribution >= 0.6 is 0 Å². The summed E-state index contributed by atoms with van der Waals surface area (Å²) in [5, 5.41) is 0. The molecular weight excluding hydrogens is 252 g/mol. The minimum absolute atomic E-state index is 0.607. The van der Waals surface area contributed by atoms with Crippen molar-refractivity contribution >= 4 is 11.4 Å². The molecule has 1 unspecified atom stereocenters. The second-order valence-electron chi connectivity index (χ2n) is 6.51. The molecule has 0 aromatic heterocycles. The lowest BCUT2D eigenvalue weighted by Crippen LogP contribution is -2.46. The lowest BCUT2D eigenvalue weighted by atomic mass is 10.2. The SMILES string of the molecule is C[N+](C)(C)C1CCN(CCOc2ccc(N)cc2N)C1. The van der Waals surface area contributed by atoms with Crippen molar-refractivity contribution in [1.29, 1.82) is 0 Å². The molecule has 1 aromatic carbocycles. The predicted octanol–water partition coefficient (Wildman–Crippen LogP) is 1.01. The van der Waals surface area contributed by atoms with E-state index in [2.05, 4.69) is 26.0 Å². The van der Waals surface area contributed by atoms with Crippen molar-refractivity contribution in [3.05, 3.63) is 18.2 Å². The molecule has 5 heteroatoms. The first-order valence-electron chi connectivity index (χ1n) is 7.17. The van der Waals surface area contributed by atoms with E-state index >= 15 is 0 Å². The average molecular weight is 279 g/mol. The van der Waals surface area contributed by atoms with Crippen LogP contribution in [0.15, 0.2) is 18.2 Å².